The molecule has 3 rings (SSSR count). The lowest BCUT2D eigenvalue weighted by Crippen LogP contribution is -2.44. The molecular weight excluding hydrogens is 370 g/mol. The second kappa shape index (κ2) is 7.99. The van der Waals surface area contributed by atoms with E-state index in [1.165, 1.54) is 5.56 Å². The van der Waals surface area contributed by atoms with Gasteiger partial charge in [0.1, 0.15) is 5.76 Å². The molecule has 1 N–H and O–H groups in total. The van der Waals surface area contributed by atoms with E-state index >= 15 is 0 Å². The lowest BCUT2D eigenvalue weighted by Gasteiger charge is -2.38. The highest BCUT2D eigenvalue weighted by Gasteiger charge is 2.34. The first kappa shape index (κ1) is 17.2. The maximum Gasteiger partial charge on any atom is 0.220 e. The Morgan fingerprint density at radius 1 is 1.21 bits per heavy atom. The molecule has 2 heterocycles. The molecule has 4 nitrogen and oxygen atoms in total. The molecule has 1 aliphatic rings. The van der Waals surface area contributed by atoms with Crippen molar-refractivity contribution in [3.8, 4) is 0 Å². The molecule has 0 atom stereocenters. The summed E-state index contributed by atoms with van der Waals surface area (Å²) in [7, 11) is 0. The summed E-state index contributed by atoms with van der Waals surface area (Å²) in [6, 6.07) is 12.1. The van der Waals surface area contributed by atoms with E-state index in [-0.39, 0.29) is 11.3 Å². The second-order valence-corrected chi connectivity index (χ2v) is 7.17. The van der Waals surface area contributed by atoms with E-state index in [9.17, 15) is 4.79 Å². The molecule has 0 unspecified atom stereocenters. The van der Waals surface area contributed by atoms with Gasteiger partial charge < -0.3 is 14.5 Å². The number of nitrogens with one attached hydrogen (secondary N) is 1. The van der Waals surface area contributed by atoms with Gasteiger partial charge in [-0.2, -0.15) is 0 Å². The van der Waals surface area contributed by atoms with Crippen LogP contribution in [0.15, 0.2) is 51.6 Å². The SMILES string of the molecule is O=C(CCc1ccco1)NCC1(c2cccc(Br)c2)CCOCC1. The summed E-state index contributed by atoms with van der Waals surface area (Å²) in [5.41, 5.74) is 1.20. The third-order valence-corrected chi connectivity index (χ3v) is 5.18. The van der Waals surface area contributed by atoms with E-state index < -0.39 is 0 Å². The molecule has 5 heteroatoms. The van der Waals surface area contributed by atoms with Crippen LogP contribution >= 0.6 is 15.9 Å². The van der Waals surface area contributed by atoms with Crippen LogP contribution in [0.1, 0.15) is 30.6 Å². The van der Waals surface area contributed by atoms with Gasteiger partial charge in [0.2, 0.25) is 5.91 Å². The summed E-state index contributed by atoms with van der Waals surface area (Å²) in [5, 5.41) is 3.12. The van der Waals surface area contributed by atoms with Crippen molar-refractivity contribution in [2.24, 2.45) is 0 Å². The molecular formula is C19H22BrNO3. The van der Waals surface area contributed by atoms with Gasteiger partial charge in [-0.15, -0.1) is 0 Å². The zero-order chi connectivity index (χ0) is 16.8. The van der Waals surface area contributed by atoms with Crippen molar-refractivity contribution < 1.29 is 13.9 Å². The predicted molar refractivity (Wildman–Crippen MR) is 95.9 cm³/mol. The monoisotopic (exact) mass is 391 g/mol. The normalized spacial score (nSPS) is 16.7. The molecule has 1 amide bonds. The first-order valence-corrected chi connectivity index (χ1v) is 9.10. The van der Waals surface area contributed by atoms with Gasteiger partial charge in [0.15, 0.2) is 0 Å². The molecule has 1 aliphatic heterocycles. The Bertz CT molecular complexity index is 663. The van der Waals surface area contributed by atoms with E-state index in [4.69, 9.17) is 9.15 Å². The van der Waals surface area contributed by atoms with Crippen LogP contribution in [0.5, 0.6) is 0 Å². The number of halogens is 1. The van der Waals surface area contributed by atoms with Crippen LogP contribution in [0.2, 0.25) is 0 Å². The molecule has 1 saturated heterocycles. The Balaban J connectivity index is 1.63. The van der Waals surface area contributed by atoms with E-state index in [0.29, 0.717) is 19.4 Å². The summed E-state index contributed by atoms with van der Waals surface area (Å²) < 4.78 is 11.9. The van der Waals surface area contributed by atoms with Gasteiger partial charge in [-0.05, 0) is 42.7 Å². The Morgan fingerprint density at radius 2 is 2.04 bits per heavy atom. The van der Waals surface area contributed by atoms with Crippen LogP contribution in [0.4, 0.5) is 0 Å². The predicted octanol–water partition coefficient (Wildman–Crippen LogP) is 3.84. The third kappa shape index (κ3) is 4.28. The summed E-state index contributed by atoms with van der Waals surface area (Å²) in [5.74, 6) is 0.908. The van der Waals surface area contributed by atoms with Crippen molar-refractivity contribution in [1.82, 2.24) is 5.32 Å². The van der Waals surface area contributed by atoms with Crippen LogP contribution in [-0.4, -0.2) is 25.7 Å². The average Bonchev–Trinajstić information content (AvgIpc) is 3.12. The fourth-order valence-corrected chi connectivity index (χ4v) is 3.59. The molecule has 0 radical (unpaired) electrons. The largest absolute Gasteiger partial charge is 0.469 e. The Kier molecular flexibility index (Phi) is 5.74. The first-order chi connectivity index (χ1) is 11.7. The number of hydrogen-bond donors (Lipinski definition) is 1. The number of carbonyl (C=O) groups excluding carboxylic acids is 1. The van der Waals surface area contributed by atoms with Gasteiger partial charge in [-0.3, -0.25) is 4.79 Å². The number of amides is 1. The Morgan fingerprint density at radius 3 is 2.75 bits per heavy atom. The number of carbonyl (C=O) groups is 1. The molecule has 0 spiro atoms. The molecule has 1 aromatic heterocycles. The number of benzene rings is 1. The first-order valence-electron chi connectivity index (χ1n) is 8.31. The quantitative estimate of drug-likeness (QED) is 0.813. The lowest BCUT2D eigenvalue weighted by atomic mass is 9.74. The summed E-state index contributed by atoms with van der Waals surface area (Å²) in [6.07, 6.45) is 4.55. The van der Waals surface area contributed by atoms with E-state index in [2.05, 4.69) is 39.4 Å². The molecule has 2 aromatic rings. The van der Waals surface area contributed by atoms with Crippen molar-refractivity contribution in [3.05, 3.63) is 58.5 Å². The number of ether oxygens (including phenoxy) is 1. The topological polar surface area (TPSA) is 51.5 Å². The van der Waals surface area contributed by atoms with Gasteiger partial charge >= 0.3 is 0 Å². The number of hydrogen-bond acceptors (Lipinski definition) is 3. The summed E-state index contributed by atoms with van der Waals surface area (Å²) in [6.45, 7) is 2.10. The summed E-state index contributed by atoms with van der Waals surface area (Å²) >= 11 is 3.55. The minimum atomic E-state index is -0.0532. The minimum Gasteiger partial charge on any atom is -0.469 e. The molecule has 24 heavy (non-hydrogen) atoms. The molecule has 1 fully saturated rings. The highest BCUT2D eigenvalue weighted by molar-refractivity contribution is 9.10. The standard InChI is InChI=1S/C19H22BrNO3/c20-16-4-1-3-15(13-16)19(8-11-23-12-9-19)14-21-18(22)7-6-17-5-2-10-24-17/h1-5,10,13H,6-9,11-12,14H2,(H,21,22). The second-order valence-electron chi connectivity index (χ2n) is 6.26. The van der Waals surface area contributed by atoms with Gasteiger partial charge in [0.25, 0.3) is 0 Å². The minimum absolute atomic E-state index is 0.0532. The summed E-state index contributed by atoms with van der Waals surface area (Å²) in [4.78, 5) is 12.2. The molecule has 1 aromatic carbocycles. The van der Waals surface area contributed by atoms with Crippen molar-refractivity contribution in [3.63, 3.8) is 0 Å². The van der Waals surface area contributed by atoms with Crippen molar-refractivity contribution in [2.45, 2.75) is 31.1 Å². The van der Waals surface area contributed by atoms with E-state index in [1.807, 2.05) is 18.2 Å². The fraction of sp³-hybridized carbons (Fsp3) is 0.421. The molecule has 0 aliphatic carbocycles. The third-order valence-electron chi connectivity index (χ3n) is 4.69. The van der Waals surface area contributed by atoms with E-state index in [1.54, 1.807) is 6.26 Å². The molecule has 128 valence electrons. The van der Waals surface area contributed by atoms with Crippen LogP contribution in [0, 0.1) is 0 Å². The number of rotatable bonds is 6. The molecule has 0 saturated carbocycles. The van der Waals surface area contributed by atoms with Gasteiger partial charge in [0.05, 0.1) is 6.26 Å². The Labute approximate surface area is 150 Å². The van der Waals surface area contributed by atoms with Gasteiger partial charge in [-0.25, -0.2) is 0 Å². The Hall–Kier alpha value is -1.59. The zero-order valence-corrected chi connectivity index (χ0v) is 15.2. The average molecular weight is 392 g/mol. The van der Waals surface area contributed by atoms with E-state index in [0.717, 1.165) is 36.3 Å². The van der Waals surface area contributed by atoms with Crippen LogP contribution < -0.4 is 5.32 Å². The maximum absolute atomic E-state index is 12.2. The zero-order valence-electron chi connectivity index (χ0n) is 13.6. The maximum atomic E-state index is 12.2. The highest BCUT2D eigenvalue weighted by atomic mass is 79.9. The number of furan rings is 1. The van der Waals surface area contributed by atoms with Gasteiger partial charge in [-0.1, -0.05) is 28.1 Å². The van der Waals surface area contributed by atoms with Crippen molar-refractivity contribution in [2.75, 3.05) is 19.8 Å². The van der Waals surface area contributed by atoms with Crippen molar-refractivity contribution in [1.29, 1.82) is 0 Å². The smallest absolute Gasteiger partial charge is 0.220 e. The number of aryl methyl sites for hydroxylation is 1. The fourth-order valence-electron chi connectivity index (χ4n) is 3.20. The highest BCUT2D eigenvalue weighted by Crippen LogP contribution is 2.35. The van der Waals surface area contributed by atoms with Crippen LogP contribution in [0.3, 0.4) is 0 Å². The molecule has 0 bridgehead atoms. The van der Waals surface area contributed by atoms with Gasteiger partial charge in [0, 0.05) is 42.5 Å². The van der Waals surface area contributed by atoms with Crippen LogP contribution in [0.25, 0.3) is 0 Å². The van der Waals surface area contributed by atoms with Crippen molar-refractivity contribution >= 4 is 21.8 Å². The lowest BCUT2D eigenvalue weighted by molar-refractivity contribution is -0.121. The van der Waals surface area contributed by atoms with Crippen LogP contribution in [-0.2, 0) is 21.4 Å².